The second-order valence-corrected chi connectivity index (χ2v) is 8.25. The molecule has 13 heteroatoms. The zero-order valence-corrected chi connectivity index (χ0v) is 18.8. The Hall–Kier alpha value is -1.79. The summed E-state index contributed by atoms with van der Waals surface area (Å²) in [5, 5.41) is 9.85. The van der Waals surface area contributed by atoms with Gasteiger partial charge >= 0.3 is 29.9 Å². The molecular weight excluding hydrogens is 505 g/mol. The van der Waals surface area contributed by atoms with Gasteiger partial charge in [-0.2, -0.15) is 48.3 Å². The molecule has 0 heterocycles. The largest absolute Gasteiger partial charge is 0.487 e. The van der Waals surface area contributed by atoms with Crippen molar-refractivity contribution < 1.29 is 58.1 Å². The van der Waals surface area contributed by atoms with Crippen LogP contribution in [0.3, 0.4) is 0 Å². The van der Waals surface area contributed by atoms with E-state index < -0.39 is 48.3 Å². The van der Waals surface area contributed by atoms with Gasteiger partial charge in [0.1, 0.15) is 5.75 Å². The van der Waals surface area contributed by atoms with Crippen LogP contribution < -0.4 is 4.74 Å². The third-order valence-corrected chi connectivity index (χ3v) is 5.34. The van der Waals surface area contributed by atoms with Gasteiger partial charge in [0.15, 0.2) is 6.61 Å². The molecule has 0 fully saturated rings. The Labute approximate surface area is 195 Å². The number of aliphatic hydroxyl groups is 1. The van der Waals surface area contributed by atoms with E-state index in [1.807, 2.05) is 6.92 Å². The molecule has 1 aromatic rings. The molecule has 0 radical (unpaired) electrons. The molecule has 1 aromatic carbocycles. The maximum Gasteiger partial charge on any atom is 0.460 e. The zero-order valence-electron chi connectivity index (χ0n) is 18.8. The molecule has 0 aromatic heterocycles. The van der Waals surface area contributed by atoms with Crippen LogP contribution in [-0.2, 0) is 6.42 Å². The summed E-state index contributed by atoms with van der Waals surface area (Å²) < 4.78 is 147. The highest BCUT2D eigenvalue weighted by Gasteiger charge is 2.87. The Bertz CT molecular complexity index is 762. The minimum absolute atomic E-state index is 0.416. The normalized spacial score (nSPS) is 14.8. The summed E-state index contributed by atoms with van der Waals surface area (Å²) >= 11 is 0. The Morgan fingerprint density at radius 3 is 1.71 bits per heavy atom. The third kappa shape index (κ3) is 7.60. The van der Waals surface area contributed by atoms with Crippen LogP contribution in [0.2, 0.25) is 0 Å². The predicted molar refractivity (Wildman–Crippen MR) is 105 cm³/mol. The SMILES string of the molecule is CCCCCC(O)CCCCc1ccc(OCC(F)(F)C(F)(F)C(F)(F)C(F)(F)C(F)(F)F)cc1. The summed E-state index contributed by atoms with van der Waals surface area (Å²) in [7, 11) is 0. The highest BCUT2D eigenvalue weighted by atomic mass is 19.4. The smallest absolute Gasteiger partial charge is 0.460 e. The zero-order chi connectivity index (χ0) is 27.1. The number of aliphatic hydroxyl groups excluding tert-OH is 1. The van der Waals surface area contributed by atoms with Crippen LogP contribution in [0.25, 0.3) is 0 Å². The molecule has 1 atom stereocenters. The number of halogens is 11. The molecule has 204 valence electrons. The standard InChI is InChI=1S/C22H27F11O2/c1-2-3-4-8-16(34)9-6-5-7-15-10-12-17(13-11-15)35-14-18(23,24)19(25,26)20(27,28)21(29,30)22(31,32)33/h10-13,16,34H,2-9,14H2,1H3. The lowest BCUT2D eigenvalue weighted by Gasteiger charge is -2.37. The van der Waals surface area contributed by atoms with E-state index in [0.717, 1.165) is 31.4 Å². The van der Waals surface area contributed by atoms with E-state index in [4.69, 9.17) is 0 Å². The number of alkyl halides is 11. The lowest BCUT2D eigenvalue weighted by molar-refractivity contribution is -0.423. The summed E-state index contributed by atoms with van der Waals surface area (Å²) in [6, 6.07) is 4.78. The Morgan fingerprint density at radius 2 is 1.23 bits per heavy atom. The average Bonchev–Trinajstić information content (AvgIpc) is 2.75. The molecule has 0 saturated carbocycles. The third-order valence-electron chi connectivity index (χ3n) is 5.34. The number of unbranched alkanes of at least 4 members (excludes halogenated alkanes) is 3. The number of aryl methyl sites for hydroxylation is 1. The number of hydrogen-bond donors (Lipinski definition) is 1. The second-order valence-electron chi connectivity index (χ2n) is 8.25. The second kappa shape index (κ2) is 12.0. The topological polar surface area (TPSA) is 29.5 Å². The summed E-state index contributed by atoms with van der Waals surface area (Å²) in [6.45, 7) is -0.527. The van der Waals surface area contributed by atoms with Crippen LogP contribution in [0, 0.1) is 0 Å². The lowest BCUT2D eigenvalue weighted by atomic mass is 9.98. The molecule has 0 saturated heterocycles. The molecule has 0 aliphatic rings. The van der Waals surface area contributed by atoms with Crippen molar-refractivity contribution in [3.63, 3.8) is 0 Å². The maximum atomic E-state index is 13.7. The molecule has 0 amide bonds. The van der Waals surface area contributed by atoms with Gasteiger partial charge in [-0.05, 0) is 43.4 Å². The van der Waals surface area contributed by atoms with Gasteiger partial charge in [0.2, 0.25) is 0 Å². The minimum atomic E-state index is -7.45. The number of hydrogen-bond acceptors (Lipinski definition) is 2. The quantitative estimate of drug-likeness (QED) is 0.184. The van der Waals surface area contributed by atoms with E-state index in [1.165, 1.54) is 12.1 Å². The van der Waals surface area contributed by atoms with Crippen molar-refractivity contribution in [1.29, 1.82) is 0 Å². The van der Waals surface area contributed by atoms with Crippen molar-refractivity contribution >= 4 is 0 Å². The van der Waals surface area contributed by atoms with Gasteiger partial charge in [-0.3, -0.25) is 0 Å². The fraction of sp³-hybridized carbons (Fsp3) is 0.727. The van der Waals surface area contributed by atoms with Gasteiger partial charge < -0.3 is 9.84 Å². The fourth-order valence-corrected chi connectivity index (χ4v) is 3.11. The van der Waals surface area contributed by atoms with Gasteiger partial charge in [0.25, 0.3) is 0 Å². The van der Waals surface area contributed by atoms with E-state index >= 15 is 0 Å². The summed E-state index contributed by atoms with van der Waals surface area (Å²) in [5.74, 6) is -28.5. The number of rotatable bonds is 15. The molecule has 0 aliphatic carbocycles. The molecule has 2 nitrogen and oxygen atoms in total. The Morgan fingerprint density at radius 1 is 0.714 bits per heavy atom. The molecule has 0 aliphatic heterocycles. The highest BCUT2D eigenvalue weighted by molar-refractivity contribution is 5.27. The molecule has 1 rings (SSSR count). The van der Waals surface area contributed by atoms with Crippen molar-refractivity contribution in [2.75, 3.05) is 6.61 Å². The highest BCUT2D eigenvalue weighted by Crippen LogP contribution is 2.57. The van der Waals surface area contributed by atoms with E-state index in [0.29, 0.717) is 37.7 Å². The van der Waals surface area contributed by atoms with Crippen LogP contribution in [0.15, 0.2) is 24.3 Å². The summed E-state index contributed by atoms with van der Waals surface area (Å²) in [6.07, 6.45) is -1.47. The molecule has 0 bridgehead atoms. The Balaban J connectivity index is 2.66. The van der Waals surface area contributed by atoms with E-state index in [1.54, 1.807) is 0 Å². The maximum absolute atomic E-state index is 13.7. The van der Waals surface area contributed by atoms with Gasteiger partial charge in [0.05, 0.1) is 6.10 Å². The molecule has 35 heavy (non-hydrogen) atoms. The van der Waals surface area contributed by atoms with Crippen LogP contribution in [0.5, 0.6) is 5.75 Å². The summed E-state index contributed by atoms with van der Waals surface area (Å²) in [4.78, 5) is 0. The number of benzene rings is 1. The van der Waals surface area contributed by atoms with Crippen LogP contribution in [0.1, 0.15) is 57.4 Å². The van der Waals surface area contributed by atoms with E-state index in [9.17, 15) is 53.4 Å². The first-order valence-electron chi connectivity index (χ1n) is 10.9. The van der Waals surface area contributed by atoms with Gasteiger partial charge in [-0.1, -0.05) is 44.7 Å². The first-order valence-corrected chi connectivity index (χ1v) is 10.9. The fourth-order valence-electron chi connectivity index (χ4n) is 3.11. The van der Waals surface area contributed by atoms with E-state index in [2.05, 4.69) is 4.74 Å². The van der Waals surface area contributed by atoms with Crippen LogP contribution in [0.4, 0.5) is 48.3 Å². The van der Waals surface area contributed by atoms with Crippen molar-refractivity contribution in [3.8, 4) is 5.75 Å². The van der Waals surface area contributed by atoms with Crippen molar-refractivity contribution in [1.82, 2.24) is 0 Å². The molecular formula is C22H27F11O2. The van der Waals surface area contributed by atoms with Gasteiger partial charge in [0, 0.05) is 0 Å². The van der Waals surface area contributed by atoms with Gasteiger partial charge in [-0.25, -0.2) is 0 Å². The van der Waals surface area contributed by atoms with Crippen LogP contribution >= 0.6 is 0 Å². The van der Waals surface area contributed by atoms with Crippen molar-refractivity contribution in [2.45, 2.75) is 94.3 Å². The molecule has 0 spiro atoms. The monoisotopic (exact) mass is 532 g/mol. The summed E-state index contributed by atoms with van der Waals surface area (Å²) in [5.41, 5.74) is 0.672. The number of ether oxygens (including phenoxy) is 1. The van der Waals surface area contributed by atoms with Crippen LogP contribution in [-0.4, -0.2) is 47.7 Å². The first-order chi connectivity index (χ1) is 15.9. The average molecular weight is 532 g/mol. The van der Waals surface area contributed by atoms with Crippen molar-refractivity contribution in [2.24, 2.45) is 0 Å². The minimum Gasteiger partial charge on any atom is -0.487 e. The predicted octanol–water partition coefficient (Wildman–Crippen LogP) is 7.82. The van der Waals surface area contributed by atoms with Crippen molar-refractivity contribution in [3.05, 3.63) is 29.8 Å². The molecule has 1 unspecified atom stereocenters. The molecule has 1 N–H and O–H groups in total. The Kier molecular flexibility index (Phi) is 10.7. The van der Waals surface area contributed by atoms with Gasteiger partial charge in [-0.15, -0.1) is 0 Å². The lowest BCUT2D eigenvalue weighted by Crippen LogP contribution is -2.67. The first kappa shape index (κ1) is 31.2. The van der Waals surface area contributed by atoms with E-state index in [-0.39, 0.29) is 0 Å².